The number of amides is 1. The summed E-state index contributed by atoms with van der Waals surface area (Å²) in [5.74, 6) is 5.51. The van der Waals surface area contributed by atoms with Gasteiger partial charge in [-0.1, -0.05) is 22.0 Å². The van der Waals surface area contributed by atoms with Crippen LogP contribution in [-0.4, -0.2) is 16.2 Å². The van der Waals surface area contributed by atoms with Crippen LogP contribution in [0.5, 0.6) is 0 Å². The van der Waals surface area contributed by atoms with Crippen molar-refractivity contribution >= 4 is 22.0 Å². The van der Waals surface area contributed by atoms with Gasteiger partial charge in [0.15, 0.2) is 0 Å². The molecule has 0 fully saturated rings. The fraction of sp³-hybridized carbons (Fsp3) is 0.300. The molecule has 5 heteroatoms. The Balaban J connectivity index is 2.35. The van der Waals surface area contributed by atoms with Gasteiger partial charge in [0.2, 0.25) is 0 Å². The molecule has 0 bridgehead atoms. The molecule has 0 radical (unpaired) electrons. The maximum atomic E-state index is 10.8. The molecule has 0 aromatic heterocycles. The Morgan fingerprint density at radius 1 is 1.60 bits per heavy atom. The van der Waals surface area contributed by atoms with Crippen LogP contribution in [0.2, 0.25) is 0 Å². The Labute approximate surface area is 95.8 Å². The molecule has 1 amide bonds. The molecule has 0 unspecified atom stereocenters. The van der Waals surface area contributed by atoms with E-state index < -0.39 is 6.09 Å². The molecular formula is C10H11BrN2O2. The average Bonchev–Trinajstić information content (AvgIpc) is 2.59. The molecule has 0 spiro atoms. The number of carbonyl (C=O) groups is 1. The number of fused-ring (bicyclic) bond motifs is 1. The molecule has 1 aromatic rings. The highest BCUT2D eigenvalue weighted by atomic mass is 79.9. The largest absolute Gasteiger partial charge is 0.464 e. The van der Waals surface area contributed by atoms with E-state index in [9.17, 15) is 4.79 Å². The number of aryl methyl sites for hydroxylation is 1. The summed E-state index contributed by atoms with van der Waals surface area (Å²) >= 11 is 3.37. The highest BCUT2D eigenvalue weighted by molar-refractivity contribution is 9.10. The normalized spacial score (nSPS) is 18.7. The van der Waals surface area contributed by atoms with Gasteiger partial charge in [0.05, 0.1) is 6.04 Å². The second-order valence-corrected chi connectivity index (χ2v) is 4.50. The Bertz CT molecular complexity index is 408. The van der Waals surface area contributed by atoms with Crippen LogP contribution in [0.25, 0.3) is 0 Å². The van der Waals surface area contributed by atoms with E-state index in [4.69, 9.17) is 10.9 Å². The van der Waals surface area contributed by atoms with Crippen LogP contribution < -0.4 is 5.84 Å². The number of rotatable bonds is 1. The fourth-order valence-electron chi connectivity index (χ4n) is 1.97. The zero-order valence-electron chi connectivity index (χ0n) is 7.98. The standard InChI is InChI=1S/C10H11BrN2O2/c11-7-3-1-6-2-4-9(8(6)5-7)13(12)10(14)15/h1,3,5,9H,2,4,12H2,(H,14,15)/t9-/m1/s1. The summed E-state index contributed by atoms with van der Waals surface area (Å²) in [6.07, 6.45) is 0.552. The van der Waals surface area contributed by atoms with E-state index in [2.05, 4.69) is 15.9 Å². The lowest BCUT2D eigenvalue weighted by atomic mass is 10.1. The van der Waals surface area contributed by atoms with E-state index in [1.807, 2.05) is 18.2 Å². The highest BCUT2D eigenvalue weighted by Gasteiger charge is 2.29. The van der Waals surface area contributed by atoms with Crippen LogP contribution in [0.4, 0.5) is 4.79 Å². The summed E-state index contributed by atoms with van der Waals surface area (Å²) in [7, 11) is 0. The van der Waals surface area contributed by atoms with Gasteiger partial charge in [-0.15, -0.1) is 0 Å². The molecule has 0 saturated carbocycles. The van der Waals surface area contributed by atoms with Gasteiger partial charge in [-0.25, -0.2) is 15.6 Å². The monoisotopic (exact) mass is 270 g/mol. The van der Waals surface area contributed by atoms with Gasteiger partial charge in [0.1, 0.15) is 0 Å². The Morgan fingerprint density at radius 2 is 2.33 bits per heavy atom. The van der Waals surface area contributed by atoms with Crippen molar-refractivity contribution in [2.24, 2.45) is 5.84 Å². The van der Waals surface area contributed by atoms with Crippen molar-refractivity contribution in [2.75, 3.05) is 0 Å². The minimum atomic E-state index is -1.09. The summed E-state index contributed by atoms with van der Waals surface area (Å²) in [5, 5.41) is 9.71. The van der Waals surface area contributed by atoms with Gasteiger partial charge in [-0.3, -0.25) is 0 Å². The number of hydrogen-bond donors (Lipinski definition) is 2. The van der Waals surface area contributed by atoms with Crippen LogP contribution in [-0.2, 0) is 6.42 Å². The lowest BCUT2D eigenvalue weighted by Crippen LogP contribution is -2.38. The molecule has 1 atom stereocenters. The first-order valence-corrected chi connectivity index (χ1v) is 5.44. The van der Waals surface area contributed by atoms with Crippen LogP contribution in [0.15, 0.2) is 22.7 Å². The molecule has 1 aliphatic carbocycles. The van der Waals surface area contributed by atoms with Crippen LogP contribution in [0, 0.1) is 0 Å². The van der Waals surface area contributed by atoms with Crippen molar-refractivity contribution in [3.63, 3.8) is 0 Å². The van der Waals surface area contributed by atoms with Gasteiger partial charge in [-0.2, -0.15) is 0 Å². The minimum absolute atomic E-state index is 0.213. The number of hydrazine groups is 1. The van der Waals surface area contributed by atoms with Crippen molar-refractivity contribution in [2.45, 2.75) is 18.9 Å². The van der Waals surface area contributed by atoms with Gasteiger partial charge < -0.3 is 5.11 Å². The van der Waals surface area contributed by atoms with Crippen molar-refractivity contribution in [3.05, 3.63) is 33.8 Å². The van der Waals surface area contributed by atoms with Gasteiger partial charge >= 0.3 is 6.09 Å². The smallest absolute Gasteiger partial charge is 0.422 e. The molecule has 3 N–H and O–H groups in total. The lowest BCUT2D eigenvalue weighted by molar-refractivity contribution is 0.124. The first-order valence-electron chi connectivity index (χ1n) is 4.65. The Morgan fingerprint density at radius 3 is 3.00 bits per heavy atom. The Hall–Kier alpha value is -1.07. The zero-order valence-corrected chi connectivity index (χ0v) is 9.57. The SMILES string of the molecule is NN(C(=O)O)[C@@H]1CCc2ccc(Br)cc21. The predicted molar refractivity (Wildman–Crippen MR) is 59.3 cm³/mol. The van der Waals surface area contributed by atoms with Gasteiger partial charge in [0, 0.05) is 4.47 Å². The number of nitrogens with zero attached hydrogens (tertiary/aromatic N) is 1. The zero-order chi connectivity index (χ0) is 11.0. The van der Waals surface area contributed by atoms with Gasteiger partial charge in [0.25, 0.3) is 0 Å². The van der Waals surface area contributed by atoms with E-state index in [-0.39, 0.29) is 6.04 Å². The van der Waals surface area contributed by atoms with E-state index in [0.717, 1.165) is 27.9 Å². The molecule has 4 nitrogen and oxygen atoms in total. The number of hydrogen-bond acceptors (Lipinski definition) is 2. The number of nitrogens with two attached hydrogens (primary N) is 1. The number of halogens is 1. The minimum Gasteiger partial charge on any atom is -0.464 e. The van der Waals surface area contributed by atoms with E-state index in [0.29, 0.717) is 0 Å². The topological polar surface area (TPSA) is 66.6 Å². The molecule has 15 heavy (non-hydrogen) atoms. The van der Waals surface area contributed by atoms with Crippen molar-refractivity contribution in [1.82, 2.24) is 5.01 Å². The maximum absolute atomic E-state index is 10.8. The second kappa shape index (κ2) is 3.83. The average molecular weight is 271 g/mol. The van der Waals surface area contributed by atoms with Gasteiger partial charge in [-0.05, 0) is 36.1 Å². The molecule has 0 aliphatic heterocycles. The van der Waals surface area contributed by atoms with E-state index in [1.165, 1.54) is 5.56 Å². The first-order chi connectivity index (χ1) is 7.09. The lowest BCUT2D eigenvalue weighted by Gasteiger charge is -2.21. The third-order valence-corrected chi connectivity index (χ3v) is 3.20. The van der Waals surface area contributed by atoms with E-state index >= 15 is 0 Å². The summed E-state index contributed by atoms with van der Waals surface area (Å²) in [4.78, 5) is 10.8. The van der Waals surface area contributed by atoms with Crippen LogP contribution >= 0.6 is 15.9 Å². The summed E-state index contributed by atoms with van der Waals surface area (Å²) < 4.78 is 0.951. The fourth-order valence-corrected chi connectivity index (χ4v) is 2.35. The molecule has 0 saturated heterocycles. The van der Waals surface area contributed by atoms with Crippen molar-refractivity contribution in [1.29, 1.82) is 0 Å². The third kappa shape index (κ3) is 1.85. The first kappa shape index (κ1) is 10.4. The summed E-state index contributed by atoms with van der Waals surface area (Å²) in [6, 6.07) is 5.70. The summed E-state index contributed by atoms with van der Waals surface area (Å²) in [5.41, 5.74) is 2.19. The molecular weight excluding hydrogens is 260 g/mol. The quantitative estimate of drug-likeness (QED) is 0.468. The number of benzene rings is 1. The van der Waals surface area contributed by atoms with Crippen LogP contribution in [0.3, 0.4) is 0 Å². The summed E-state index contributed by atoms with van der Waals surface area (Å²) in [6.45, 7) is 0. The predicted octanol–water partition coefficient (Wildman–Crippen LogP) is 2.29. The van der Waals surface area contributed by atoms with E-state index in [1.54, 1.807) is 0 Å². The van der Waals surface area contributed by atoms with Crippen LogP contribution in [0.1, 0.15) is 23.6 Å². The molecule has 1 aliphatic rings. The molecule has 1 aromatic carbocycles. The second-order valence-electron chi connectivity index (χ2n) is 3.59. The molecule has 80 valence electrons. The Kier molecular flexibility index (Phi) is 2.67. The third-order valence-electron chi connectivity index (χ3n) is 2.71. The maximum Gasteiger partial charge on any atom is 0.422 e. The molecule has 2 rings (SSSR count). The van der Waals surface area contributed by atoms with Crippen molar-refractivity contribution in [3.8, 4) is 0 Å². The van der Waals surface area contributed by atoms with Crippen molar-refractivity contribution < 1.29 is 9.90 Å². The highest BCUT2D eigenvalue weighted by Crippen LogP contribution is 2.35. The number of carboxylic acid groups (broad SMARTS) is 1. The molecule has 0 heterocycles.